The Morgan fingerprint density at radius 1 is 1.17 bits per heavy atom. The second-order valence-electron chi connectivity index (χ2n) is 5.59. The lowest BCUT2D eigenvalue weighted by Crippen LogP contribution is -2.26. The summed E-state index contributed by atoms with van der Waals surface area (Å²) in [6, 6.07) is 10.2. The van der Waals surface area contributed by atoms with Gasteiger partial charge in [-0.1, -0.05) is 23.7 Å². The Morgan fingerprint density at radius 3 is 2.46 bits per heavy atom. The van der Waals surface area contributed by atoms with Gasteiger partial charge in [-0.15, -0.1) is 0 Å². The molecule has 0 atom stereocenters. The van der Waals surface area contributed by atoms with Gasteiger partial charge in [-0.2, -0.15) is 0 Å². The lowest BCUT2D eigenvalue weighted by atomic mass is 10.1. The number of nitrogens with one attached hydrogen (secondary N) is 1. The van der Waals surface area contributed by atoms with Crippen molar-refractivity contribution in [1.82, 2.24) is 0 Å². The highest BCUT2D eigenvalue weighted by Crippen LogP contribution is 2.26. The van der Waals surface area contributed by atoms with Gasteiger partial charge in [0.2, 0.25) is 10.0 Å². The average molecular weight is 367 g/mol. The third-order valence-electron chi connectivity index (χ3n) is 3.83. The van der Waals surface area contributed by atoms with Crippen molar-refractivity contribution in [2.24, 2.45) is 0 Å². The van der Waals surface area contributed by atoms with E-state index in [1.165, 1.54) is 7.05 Å². The molecule has 24 heavy (non-hydrogen) atoms. The van der Waals surface area contributed by atoms with Gasteiger partial charge >= 0.3 is 0 Å². The molecule has 0 spiro atoms. The summed E-state index contributed by atoms with van der Waals surface area (Å²) in [7, 11) is -1.95. The van der Waals surface area contributed by atoms with Gasteiger partial charge < -0.3 is 5.32 Å². The van der Waals surface area contributed by atoms with Gasteiger partial charge in [-0.05, 0) is 49.2 Å². The molecule has 0 aromatic heterocycles. The number of hydrogen-bond acceptors (Lipinski definition) is 3. The van der Waals surface area contributed by atoms with E-state index >= 15 is 0 Å². The molecule has 5 nitrogen and oxygen atoms in total. The van der Waals surface area contributed by atoms with Gasteiger partial charge in [0.05, 0.1) is 11.9 Å². The van der Waals surface area contributed by atoms with E-state index in [-0.39, 0.29) is 5.91 Å². The minimum absolute atomic E-state index is 0.318. The van der Waals surface area contributed by atoms with Crippen LogP contribution < -0.4 is 9.62 Å². The molecule has 0 aliphatic heterocycles. The van der Waals surface area contributed by atoms with Gasteiger partial charge in [0.25, 0.3) is 5.91 Å². The second-order valence-corrected chi connectivity index (χ2v) is 8.04. The van der Waals surface area contributed by atoms with Crippen molar-refractivity contribution in [3.8, 4) is 0 Å². The molecule has 1 N–H and O–H groups in total. The van der Waals surface area contributed by atoms with Crippen molar-refractivity contribution in [1.29, 1.82) is 0 Å². The molecule has 0 unspecified atom stereocenters. The molecule has 0 saturated carbocycles. The van der Waals surface area contributed by atoms with Crippen LogP contribution in [-0.2, 0) is 10.0 Å². The van der Waals surface area contributed by atoms with Gasteiger partial charge in [0.1, 0.15) is 0 Å². The molecule has 2 aromatic rings. The minimum Gasteiger partial charge on any atom is -0.322 e. The van der Waals surface area contributed by atoms with Crippen molar-refractivity contribution in [3.05, 3.63) is 58.1 Å². The van der Waals surface area contributed by atoms with Crippen molar-refractivity contribution in [3.63, 3.8) is 0 Å². The number of anilines is 2. The number of amides is 1. The van der Waals surface area contributed by atoms with Crippen LogP contribution in [0.1, 0.15) is 21.5 Å². The van der Waals surface area contributed by atoms with E-state index in [0.29, 0.717) is 27.5 Å². The average Bonchev–Trinajstić information content (AvgIpc) is 2.49. The molecule has 0 fully saturated rings. The molecule has 1 amide bonds. The fourth-order valence-electron chi connectivity index (χ4n) is 2.31. The maximum absolute atomic E-state index is 12.6. The maximum atomic E-state index is 12.6. The molecular weight excluding hydrogens is 348 g/mol. The molecule has 0 aliphatic rings. The zero-order chi connectivity index (χ0) is 18.1. The monoisotopic (exact) mass is 366 g/mol. The summed E-state index contributed by atoms with van der Waals surface area (Å²) in [6.45, 7) is 3.59. The van der Waals surface area contributed by atoms with Crippen molar-refractivity contribution >= 4 is 38.9 Å². The first-order valence-electron chi connectivity index (χ1n) is 7.22. The van der Waals surface area contributed by atoms with Crippen LogP contribution in [0.5, 0.6) is 0 Å². The molecule has 0 heterocycles. The zero-order valence-electron chi connectivity index (χ0n) is 13.9. The largest absolute Gasteiger partial charge is 0.322 e. The summed E-state index contributed by atoms with van der Waals surface area (Å²) in [5.41, 5.74) is 2.96. The van der Waals surface area contributed by atoms with E-state index in [1.807, 2.05) is 13.0 Å². The predicted octanol–water partition coefficient (Wildman–Crippen LogP) is 3.60. The smallest absolute Gasteiger partial charge is 0.256 e. The number of sulfonamides is 1. The molecule has 2 aromatic carbocycles. The van der Waals surface area contributed by atoms with Gasteiger partial charge in [-0.25, -0.2) is 8.42 Å². The van der Waals surface area contributed by atoms with E-state index in [9.17, 15) is 13.2 Å². The van der Waals surface area contributed by atoms with E-state index in [0.717, 1.165) is 16.1 Å². The molecule has 2 rings (SSSR count). The predicted molar refractivity (Wildman–Crippen MR) is 98.6 cm³/mol. The SMILES string of the molecule is Cc1ccc(Cl)cc1NC(=O)c1cccc(N(C)S(C)(=O)=O)c1C. The van der Waals surface area contributed by atoms with Crippen molar-refractivity contribution in [2.75, 3.05) is 22.9 Å². The van der Waals surface area contributed by atoms with Crippen molar-refractivity contribution in [2.45, 2.75) is 13.8 Å². The van der Waals surface area contributed by atoms with Crippen LogP contribution in [0, 0.1) is 13.8 Å². The van der Waals surface area contributed by atoms with Crippen LogP contribution in [0.4, 0.5) is 11.4 Å². The summed E-state index contributed by atoms with van der Waals surface area (Å²) in [4.78, 5) is 12.6. The summed E-state index contributed by atoms with van der Waals surface area (Å²) < 4.78 is 24.7. The standard InChI is InChI=1S/C17H19ClN2O3S/c1-11-8-9-13(18)10-15(11)19-17(21)14-6-5-7-16(12(14)2)20(3)24(4,22)23/h5-10H,1-4H3,(H,19,21). The number of nitrogens with zero attached hydrogens (tertiary/aromatic N) is 1. The molecule has 0 saturated heterocycles. The van der Waals surface area contributed by atoms with Crippen LogP contribution in [0.25, 0.3) is 0 Å². The Hall–Kier alpha value is -2.05. The Balaban J connectivity index is 2.39. The lowest BCUT2D eigenvalue weighted by Gasteiger charge is -2.20. The zero-order valence-corrected chi connectivity index (χ0v) is 15.5. The molecule has 0 aliphatic carbocycles. The summed E-state index contributed by atoms with van der Waals surface area (Å²) in [6.07, 6.45) is 1.12. The van der Waals surface area contributed by atoms with Gasteiger partial charge in [0, 0.05) is 23.3 Å². The number of benzene rings is 2. The third-order valence-corrected chi connectivity index (χ3v) is 5.26. The number of carbonyl (C=O) groups is 1. The molecular formula is C17H19ClN2O3S. The Bertz CT molecular complexity index is 895. The number of halogens is 1. The first kappa shape index (κ1) is 18.3. The highest BCUT2D eigenvalue weighted by Gasteiger charge is 2.19. The van der Waals surface area contributed by atoms with Crippen molar-refractivity contribution < 1.29 is 13.2 Å². The highest BCUT2D eigenvalue weighted by molar-refractivity contribution is 7.92. The highest BCUT2D eigenvalue weighted by atomic mass is 35.5. The van der Waals surface area contributed by atoms with Gasteiger partial charge in [0.15, 0.2) is 0 Å². The summed E-state index contributed by atoms with van der Waals surface area (Å²) >= 11 is 5.97. The van der Waals surface area contributed by atoms with Crippen LogP contribution in [0.2, 0.25) is 5.02 Å². The summed E-state index contributed by atoms with van der Waals surface area (Å²) in [5, 5.41) is 3.35. The minimum atomic E-state index is -3.41. The van der Waals surface area contributed by atoms with Crippen LogP contribution in [-0.4, -0.2) is 27.6 Å². The molecule has 7 heteroatoms. The van der Waals surface area contributed by atoms with E-state index < -0.39 is 10.0 Å². The van der Waals surface area contributed by atoms with Gasteiger partial charge in [-0.3, -0.25) is 9.10 Å². The number of rotatable bonds is 4. The normalized spacial score (nSPS) is 11.2. The van der Waals surface area contributed by atoms with Crippen LogP contribution >= 0.6 is 11.6 Å². The lowest BCUT2D eigenvalue weighted by molar-refractivity contribution is 0.102. The Morgan fingerprint density at radius 2 is 1.83 bits per heavy atom. The number of hydrogen-bond donors (Lipinski definition) is 1. The Labute approximate surface area is 147 Å². The fraction of sp³-hybridized carbons (Fsp3) is 0.235. The van der Waals surface area contributed by atoms with E-state index in [2.05, 4.69) is 5.32 Å². The van der Waals surface area contributed by atoms with Crippen LogP contribution in [0.15, 0.2) is 36.4 Å². The first-order valence-corrected chi connectivity index (χ1v) is 9.45. The number of aryl methyl sites for hydroxylation is 1. The van der Waals surface area contributed by atoms with E-state index in [1.54, 1.807) is 37.3 Å². The summed E-state index contributed by atoms with van der Waals surface area (Å²) in [5.74, 6) is -0.318. The molecule has 128 valence electrons. The molecule has 0 bridgehead atoms. The first-order chi connectivity index (χ1) is 11.1. The van der Waals surface area contributed by atoms with E-state index in [4.69, 9.17) is 11.6 Å². The Kier molecular flexibility index (Phi) is 5.20. The fourth-order valence-corrected chi connectivity index (χ4v) is 3.03. The quantitative estimate of drug-likeness (QED) is 0.898. The topological polar surface area (TPSA) is 66.5 Å². The third kappa shape index (κ3) is 3.88. The maximum Gasteiger partial charge on any atom is 0.256 e. The second kappa shape index (κ2) is 6.83. The van der Waals surface area contributed by atoms with Crippen LogP contribution in [0.3, 0.4) is 0 Å². The number of carbonyl (C=O) groups excluding carboxylic acids is 1. The molecule has 0 radical (unpaired) electrons.